The fraction of sp³-hybridized carbons (Fsp3) is 0.524. The molecule has 0 bridgehead atoms. The third kappa shape index (κ3) is 5.17. The van der Waals surface area contributed by atoms with Gasteiger partial charge < -0.3 is 10.2 Å². The standard InChI is InChI=1S/C21H30N4O2/c1-2-10-22-19(26)17-23-13-15-24(16-14-23)20(18-8-4-3-5-9-18)21(27)25-11-6-7-12-25/h2-5,8-9,20H,1,6-7,10-17H2,(H,22,26). The van der Waals surface area contributed by atoms with Gasteiger partial charge in [-0.15, -0.1) is 6.58 Å². The molecule has 27 heavy (non-hydrogen) atoms. The Balaban J connectivity index is 1.63. The molecule has 2 heterocycles. The number of hydrogen-bond donors (Lipinski definition) is 1. The van der Waals surface area contributed by atoms with Crippen molar-refractivity contribution in [2.45, 2.75) is 18.9 Å². The highest BCUT2D eigenvalue weighted by atomic mass is 16.2. The number of piperazine rings is 1. The molecule has 6 nitrogen and oxygen atoms in total. The lowest BCUT2D eigenvalue weighted by Crippen LogP contribution is -2.53. The quantitative estimate of drug-likeness (QED) is 0.735. The van der Waals surface area contributed by atoms with Gasteiger partial charge in [0.15, 0.2) is 0 Å². The van der Waals surface area contributed by atoms with Gasteiger partial charge in [0.2, 0.25) is 11.8 Å². The molecule has 0 radical (unpaired) electrons. The second-order valence-corrected chi connectivity index (χ2v) is 7.25. The summed E-state index contributed by atoms with van der Waals surface area (Å²) in [5.74, 6) is 0.243. The van der Waals surface area contributed by atoms with Gasteiger partial charge in [0.1, 0.15) is 6.04 Å². The van der Waals surface area contributed by atoms with Crippen molar-refractivity contribution in [2.75, 3.05) is 52.4 Å². The fourth-order valence-electron chi connectivity index (χ4n) is 3.88. The summed E-state index contributed by atoms with van der Waals surface area (Å²) in [6, 6.07) is 9.86. The molecule has 2 saturated heterocycles. The summed E-state index contributed by atoms with van der Waals surface area (Å²) < 4.78 is 0. The maximum Gasteiger partial charge on any atom is 0.244 e. The van der Waals surface area contributed by atoms with Gasteiger partial charge in [-0.2, -0.15) is 0 Å². The summed E-state index contributed by atoms with van der Waals surface area (Å²) in [7, 11) is 0. The van der Waals surface area contributed by atoms with Crippen LogP contribution in [0.3, 0.4) is 0 Å². The SMILES string of the molecule is C=CCNC(=O)CN1CCN(C(C(=O)N2CCCC2)c2ccccc2)CC1. The van der Waals surface area contributed by atoms with E-state index in [2.05, 4.69) is 21.7 Å². The number of carbonyl (C=O) groups is 2. The van der Waals surface area contributed by atoms with Gasteiger partial charge in [-0.05, 0) is 18.4 Å². The van der Waals surface area contributed by atoms with Crippen molar-refractivity contribution < 1.29 is 9.59 Å². The molecule has 1 atom stereocenters. The molecule has 1 aromatic carbocycles. The molecule has 0 aromatic heterocycles. The highest BCUT2D eigenvalue weighted by Gasteiger charge is 2.34. The van der Waals surface area contributed by atoms with Crippen LogP contribution >= 0.6 is 0 Å². The molecule has 6 heteroatoms. The lowest BCUT2D eigenvalue weighted by atomic mass is 10.0. The van der Waals surface area contributed by atoms with Crippen LogP contribution in [0, 0.1) is 0 Å². The third-order valence-electron chi connectivity index (χ3n) is 5.35. The summed E-state index contributed by atoms with van der Waals surface area (Å²) in [4.78, 5) is 31.6. The predicted molar refractivity (Wildman–Crippen MR) is 106 cm³/mol. The van der Waals surface area contributed by atoms with Crippen molar-refractivity contribution in [3.05, 3.63) is 48.6 Å². The Kier molecular flexibility index (Phi) is 7.01. The van der Waals surface area contributed by atoms with E-state index in [1.165, 1.54) is 0 Å². The predicted octanol–water partition coefficient (Wildman–Crippen LogP) is 1.27. The second-order valence-electron chi connectivity index (χ2n) is 7.25. The highest BCUT2D eigenvalue weighted by Crippen LogP contribution is 2.26. The molecule has 146 valence electrons. The van der Waals surface area contributed by atoms with Gasteiger partial charge in [0, 0.05) is 45.8 Å². The summed E-state index contributed by atoms with van der Waals surface area (Å²) in [6.07, 6.45) is 3.88. The number of nitrogens with one attached hydrogen (secondary N) is 1. The molecule has 0 spiro atoms. The normalized spacial score (nSPS) is 19.6. The minimum absolute atomic E-state index is 0.0242. The number of amides is 2. The van der Waals surface area contributed by atoms with Crippen LogP contribution in [0.1, 0.15) is 24.4 Å². The van der Waals surface area contributed by atoms with Crippen molar-refractivity contribution in [3.8, 4) is 0 Å². The van der Waals surface area contributed by atoms with Gasteiger partial charge >= 0.3 is 0 Å². The largest absolute Gasteiger partial charge is 0.352 e. The van der Waals surface area contributed by atoms with Crippen LogP contribution in [0.2, 0.25) is 0 Å². The summed E-state index contributed by atoms with van der Waals surface area (Å²) >= 11 is 0. The minimum Gasteiger partial charge on any atom is -0.352 e. The van der Waals surface area contributed by atoms with Crippen LogP contribution in [-0.2, 0) is 9.59 Å². The smallest absolute Gasteiger partial charge is 0.244 e. The zero-order chi connectivity index (χ0) is 19.1. The maximum absolute atomic E-state index is 13.2. The van der Waals surface area contributed by atoms with Gasteiger partial charge in [0.25, 0.3) is 0 Å². The monoisotopic (exact) mass is 370 g/mol. The van der Waals surface area contributed by atoms with Crippen LogP contribution in [0.4, 0.5) is 0 Å². The molecule has 1 unspecified atom stereocenters. The Bertz CT molecular complexity index is 635. The van der Waals surface area contributed by atoms with Crippen LogP contribution in [0.5, 0.6) is 0 Å². The first-order valence-electron chi connectivity index (χ1n) is 9.87. The first-order chi connectivity index (χ1) is 13.2. The van der Waals surface area contributed by atoms with E-state index < -0.39 is 0 Å². The van der Waals surface area contributed by atoms with Crippen LogP contribution in [0.25, 0.3) is 0 Å². The van der Waals surface area contributed by atoms with Gasteiger partial charge in [0.05, 0.1) is 6.54 Å². The van der Waals surface area contributed by atoms with E-state index in [4.69, 9.17) is 0 Å². The van der Waals surface area contributed by atoms with Crippen molar-refractivity contribution in [2.24, 2.45) is 0 Å². The third-order valence-corrected chi connectivity index (χ3v) is 5.35. The van der Waals surface area contributed by atoms with Crippen LogP contribution in [-0.4, -0.2) is 78.9 Å². The molecule has 1 aromatic rings. The van der Waals surface area contributed by atoms with E-state index in [1.807, 2.05) is 35.2 Å². The molecule has 2 amide bonds. The summed E-state index contributed by atoms with van der Waals surface area (Å²) in [5, 5.41) is 2.82. The van der Waals surface area contributed by atoms with Crippen molar-refractivity contribution in [1.82, 2.24) is 20.0 Å². The van der Waals surface area contributed by atoms with E-state index in [0.717, 1.165) is 57.7 Å². The molecular weight excluding hydrogens is 340 g/mol. The zero-order valence-corrected chi connectivity index (χ0v) is 16.0. The second kappa shape index (κ2) is 9.67. The fourth-order valence-corrected chi connectivity index (χ4v) is 3.88. The molecule has 1 N–H and O–H groups in total. The average molecular weight is 370 g/mol. The van der Waals surface area contributed by atoms with E-state index in [0.29, 0.717) is 13.1 Å². The lowest BCUT2D eigenvalue weighted by Gasteiger charge is -2.39. The highest BCUT2D eigenvalue weighted by molar-refractivity contribution is 5.83. The summed E-state index contributed by atoms with van der Waals surface area (Å²) in [6.45, 7) is 9.40. The lowest BCUT2D eigenvalue weighted by molar-refractivity contribution is -0.137. The number of nitrogens with zero attached hydrogens (tertiary/aromatic N) is 3. The molecule has 0 aliphatic carbocycles. The van der Waals surface area contributed by atoms with Crippen LogP contribution in [0.15, 0.2) is 43.0 Å². The summed E-state index contributed by atoms with van der Waals surface area (Å²) in [5.41, 5.74) is 1.06. The molecule has 2 aliphatic heterocycles. The molecule has 2 aliphatic rings. The number of likely N-dealkylation sites (tertiary alicyclic amines) is 1. The Morgan fingerprint density at radius 1 is 1.04 bits per heavy atom. The van der Waals surface area contributed by atoms with E-state index in [-0.39, 0.29) is 17.9 Å². The topological polar surface area (TPSA) is 55.9 Å². The number of benzene rings is 1. The Labute approximate surface area is 161 Å². The van der Waals surface area contributed by atoms with E-state index >= 15 is 0 Å². The van der Waals surface area contributed by atoms with E-state index in [9.17, 15) is 9.59 Å². The maximum atomic E-state index is 13.2. The molecule has 2 fully saturated rings. The number of rotatable bonds is 7. The Morgan fingerprint density at radius 2 is 1.70 bits per heavy atom. The molecule has 0 saturated carbocycles. The molecular formula is C21H30N4O2. The first-order valence-corrected chi connectivity index (χ1v) is 9.87. The average Bonchev–Trinajstić information content (AvgIpc) is 3.23. The van der Waals surface area contributed by atoms with Crippen molar-refractivity contribution in [3.63, 3.8) is 0 Å². The van der Waals surface area contributed by atoms with Crippen molar-refractivity contribution >= 4 is 11.8 Å². The Morgan fingerprint density at radius 3 is 2.33 bits per heavy atom. The van der Waals surface area contributed by atoms with Crippen LogP contribution < -0.4 is 5.32 Å². The number of hydrogen-bond acceptors (Lipinski definition) is 4. The van der Waals surface area contributed by atoms with Gasteiger partial charge in [-0.25, -0.2) is 0 Å². The minimum atomic E-state index is -0.221. The van der Waals surface area contributed by atoms with Crippen molar-refractivity contribution in [1.29, 1.82) is 0 Å². The van der Waals surface area contributed by atoms with Gasteiger partial charge in [-0.1, -0.05) is 36.4 Å². The molecule has 3 rings (SSSR count). The van der Waals surface area contributed by atoms with Gasteiger partial charge in [-0.3, -0.25) is 19.4 Å². The number of carbonyl (C=O) groups excluding carboxylic acids is 2. The van der Waals surface area contributed by atoms with E-state index in [1.54, 1.807) is 6.08 Å². The first kappa shape index (κ1) is 19.6. The Hall–Kier alpha value is -2.18. The zero-order valence-electron chi connectivity index (χ0n) is 16.0.